The van der Waals surface area contributed by atoms with Gasteiger partial charge in [-0.15, -0.1) is 0 Å². The Balaban J connectivity index is 1.79. The van der Waals surface area contributed by atoms with Crippen molar-refractivity contribution in [3.63, 3.8) is 0 Å². The quantitative estimate of drug-likeness (QED) is 0.873. The van der Waals surface area contributed by atoms with Crippen molar-refractivity contribution in [2.45, 2.75) is 32.5 Å². The maximum absolute atomic E-state index is 6.11. The zero-order chi connectivity index (χ0) is 14.1. The first-order valence-corrected chi connectivity index (χ1v) is 7.34. The summed E-state index contributed by atoms with van der Waals surface area (Å²) in [6.07, 6.45) is 2.35. The van der Waals surface area contributed by atoms with Crippen molar-refractivity contribution in [2.75, 3.05) is 25.4 Å². The van der Waals surface area contributed by atoms with Gasteiger partial charge in [-0.25, -0.2) is 0 Å². The second-order valence-electron chi connectivity index (χ2n) is 5.83. The number of hydrogen-bond acceptors (Lipinski definition) is 3. The molecule has 108 valence electrons. The number of rotatable bonds is 3. The van der Waals surface area contributed by atoms with Crippen LogP contribution in [0.2, 0.25) is 0 Å². The minimum Gasteiger partial charge on any atom is -0.397 e. The number of anilines is 1. The van der Waals surface area contributed by atoms with Crippen LogP contribution in [-0.2, 0) is 11.3 Å². The standard InChI is InChI=1S/C16H23N3O/c1-12(2)18-8-9-20-14(10-18)11-19-7-6-13-4-3-5-15(17)16(13)19/h3-7,12,14H,8-11,17H2,1-2H3. The molecule has 1 aliphatic rings. The Morgan fingerprint density at radius 2 is 2.20 bits per heavy atom. The third-order valence-electron chi connectivity index (χ3n) is 4.12. The molecule has 0 radical (unpaired) electrons. The molecule has 0 aliphatic carbocycles. The lowest BCUT2D eigenvalue weighted by molar-refractivity contribution is -0.0450. The molecular weight excluding hydrogens is 250 g/mol. The molecule has 1 atom stereocenters. The normalized spacial score (nSPS) is 20.9. The van der Waals surface area contributed by atoms with E-state index in [2.05, 4.69) is 41.6 Å². The summed E-state index contributed by atoms with van der Waals surface area (Å²) in [4.78, 5) is 2.48. The van der Waals surface area contributed by atoms with Crippen molar-refractivity contribution >= 4 is 16.6 Å². The molecule has 1 fully saturated rings. The highest BCUT2D eigenvalue weighted by Crippen LogP contribution is 2.23. The van der Waals surface area contributed by atoms with E-state index in [0.29, 0.717) is 6.04 Å². The molecule has 2 aromatic rings. The first kappa shape index (κ1) is 13.5. The van der Waals surface area contributed by atoms with E-state index >= 15 is 0 Å². The number of nitrogens with two attached hydrogens (primary N) is 1. The van der Waals surface area contributed by atoms with E-state index in [1.165, 1.54) is 5.39 Å². The van der Waals surface area contributed by atoms with Crippen LogP contribution in [0.15, 0.2) is 30.5 Å². The number of ether oxygens (including phenoxy) is 1. The summed E-state index contributed by atoms with van der Waals surface area (Å²) < 4.78 is 8.14. The lowest BCUT2D eigenvalue weighted by atomic mass is 10.2. The largest absolute Gasteiger partial charge is 0.397 e. The molecule has 0 bridgehead atoms. The number of aromatic nitrogens is 1. The highest BCUT2D eigenvalue weighted by atomic mass is 16.5. The van der Waals surface area contributed by atoms with Crippen LogP contribution in [0.25, 0.3) is 10.9 Å². The van der Waals surface area contributed by atoms with E-state index < -0.39 is 0 Å². The molecule has 1 aromatic carbocycles. The van der Waals surface area contributed by atoms with E-state index in [0.717, 1.165) is 37.4 Å². The summed E-state index contributed by atoms with van der Waals surface area (Å²) >= 11 is 0. The maximum Gasteiger partial charge on any atom is 0.0881 e. The number of fused-ring (bicyclic) bond motifs is 1. The molecule has 4 nitrogen and oxygen atoms in total. The summed E-state index contributed by atoms with van der Waals surface area (Å²) in [6, 6.07) is 8.76. The van der Waals surface area contributed by atoms with Crippen LogP contribution in [0.5, 0.6) is 0 Å². The van der Waals surface area contributed by atoms with Gasteiger partial charge in [0, 0.05) is 30.7 Å². The predicted molar refractivity (Wildman–Crippen MR) is 82.8 cm³/mol. The second kappa shape index (κ2) is 5.46. The van der Waals surface area contributed by atoms with E-state index in [1.807, 2.05) is 12.1 Å². The van der Waals surface area contributed by atoms with Gasteiger partial charge in [0.15, 0.2) is 0 Å². The van der Waals surface area contributed by atoms with Crippen LogP contribution in [0.1, 0.15) is 13.8 Å². The smallest absolute Gasteiger partial charge is 0.0881 e. The third kappa shape index (κ3) is 2.53. The number of benzene rings is 1. The van der Waals surface area contributed by atoms with Crippen molar-refractivity contribution in [1.29, 1.82) is 0 Å². The van der Waals surface area contributed by atoms with E-state index in [-0.39, 0.29) is 6.10 Å². The summed E-state index contributed by atoms with van der Waals surface area (Å²) in [5, 5.41) is 1.20. The molecule has 4 heteroatoms. The first-order chi connectivity index (χ1) is 9.65. The maximum atomic E-state index is 6.11. The molecule has 2 heterocycles. The van der Waals surface area contributed by atoms with Gasteiger partial charge < -0.3 is 15.0 Å². The zero-order valence-electron chi connectivity index (χ0n) is 12.2. The fraction of sp³-hybridized carbons (Fsp3) is 0.500. The van der Waals surface area contributed by atoms with E-state index in [9.17, 15) is 0 Å². The number of para-hydroxylation sites is 1. The van der Waals surface area contributed by atoms with Crippen LogP contribution in [0, 0.1) is 0 Å². The number of hydrogen-bond donors (Lipinski definition) is 1. The Bertz CT molecular complexity index is 590. The van der Waals surface area contributed by atoms with Crippen LogP contribution in [0.4, 0.5) is 5.69 Å². The predicted octanol–water partition coefficient (Wildman–Crippen LogP) is 2.33. The first-order valence-electron chi connectivity index (χ1n) is 7.34. The number of nitrogen functional groups attached to an aromatic ring is 1. The lowest BCUT2D eigenvalue weighted by Crippen LogP contribution is -2.47. The molecule has 1 aliphatic heterocycles. The van der Waals surface area contributed by atoms with E-state index in [1.54, 1.807) is 0 Å². The molecule has 20 heavy (non-hydrogen) atoms. The molecule has 1 saturated heterocycles. The second-order valence-corrected chi connectivity index (χ2v) is 5.83. The van der Waals surface area contributed by atoms with Crippen molar-refractivity contribution in [3.8, 4) is 0 Å². The van der Waals surface area contributed by atoms with Crippen molar-refractivity contribution in [1.82, 2.24) is 9.47 Å². The highest BCUT2D eigenvalue weighted by Gasteiger charge is 2.22. The van der Waals surface area contributed by atoms with Gasteiger partial charge in [0.25, 0.3) is 0 Å². The van der Waals surface area contributed by atoms with Gasteiger partial charge >= 0.3 is 0 Å². The van der Waals surface area contributed by atoms with Crippen molar-refractivity contribution < 1.29 is 4.74 Å². The van der Waals surface area contributed by atoms with Crippen LogP contribution in [0.3, 0.4) is 0 Å². The Morgan fingerprint density at radius 3 is 3.00 bits per heavy atom. The number of morpholine rings is 1. The van der Waals surface area contributed by atoms with Crippen LogP contribution < -0.4 is 5.73 Å². The SMILES string of the molecule is CC(C)N1CCOC(Cn2ccc3cccc(N)c32)C1. The van der Waals surface area contributed by atoms with Gasteiger partial charge in [0.2, 0.25) is 0 Å². The zero-order valence-corrected chi connectivity index (χ0v) is 12.2. The van der Waals surface area contributed by atoms with Crippen molar-refractivity contribution in [2.24, 2.45) is 0 Å². The van der Waals surface area contributed by atoms with Gasteiger partial charge in [-0.2, -0.15) is 0 Å². The molecule has 0 saturated carbocycles. The summed E-state index contributed by atoms with van der Waals surface area (Å²) in [7, 11) is 0. The Morgan fingerprint density at radius 1 is 1.35 bits per heavy atom. The lowest BCUT2D eigenvalue weighted by Gasteiger charge is -2.35. The molecule has 3 rings (SSSR count). The van der Waals surface area contributed by atoms with Gasteiger partial charge in [0.1, 0.15) is 0 Å². The van der Waals surface area contributed by atoms with Gasteiger partial charge in [-0.3, -0.25) is 4.90 Å². The minimum absolute atomic E-state index is 0.237. The van der Waals surface area contributed by atoms with Gasteiger partial charge in [-0.1, -0.05) is 12.1 Å². The molecule has 1 aromatic heterocycles. The van der Waals surface area contributed by atoms with E-state index in [4.69, 9.17) is 10.5 Å². The topological polar surface area (TPSA) is 43.4 Å². The van der Waals surface area contributed by atoms with Crippen LogP contribution in [-0.4, -0.2) is 41.3 Å². The molecular formula is C16H23N3O. The van der Waals surface area contributed by atoms with Crippen molar-refractivity contribution in [3.05, 3.63) is 30.5 Å². The fourth-order valence-electron chi connectivity index (χ4n) is 2.98. The third-order valence-corrected chi connectivity index (χ3v) is 4.12. The minimum atomic E-state index is 0.237. The summed E-state index contributed by atoms with van der Waals surface area (Å²) in [6.45, 7) is 8.18. The number of nitrogens with zero attached hydrogens (tertiary/aromatic N) is 2. The Hall–Kier alpha value is -1.52. The fourth-order valence-corrected chi connectivity index (χ4v) is 2.98. The summed E-state index contributed by atoms with van der Waals surface area (Å²) in [5.74, 6) is 0. The van der Waals surface area contributed by atoms with Crippen LogP contribution >= 0.6 is 0 Å². The Kier molecular flexibility index (Phi) is 3.68. The van der Waals surface area contributed by atoms with Gasteiger partial charge in [-0.05, 0) is 26.0 Å². The average molecular weight is 273 g/mol. The molecule has 0 amide bonds. The Labute approximate surface area is 120 Å². The molecule has 2 N–H and O–H groups in total. The average Bonchev–Trinajstić information content (AvgIpc) is 2.84. The molecule has 0 spiro atoms. The van der Waals surface area contributed by atoms with Gasteiger partial charge in [0.05, 0.1) is 30.5 Å². The monoisotopic (exact) mass is 273 g/mol. The summed E-state index contributed by atoms with van der Waals surface area (Å²) in [5.41, 5.74) is 8.07. The molecule has 1 unspecified atom stereocenters. The highest BCUT2D eigenvalue weighted by molar-refractivity contribution is 5.90.